The van der Waals surface area contributed by atoms with Crippen LogP contribution in [0.5, 0.6) is 11.8 Å². The van der Waals surface area contributed by atoms with Crippen LogP contribution in [0, 0.1) is 0 Å². The SMILES string of the molecule is CC[C@H]1NC(=O)N(c2cnc(Oc3ccc4c(c3)[C@@](C)(C(F)(F)F)OC4)nc2)C1=O. The van der Waals surface area contributed by atoms with Crippen molar-refractivity contribution < 1.29 is 32.2 Å². The number of carbonyl (C=O) groups is 2. The molecule has 0 radical (unpaired) electrons. The Morgan fingerprint density at radius 3 is 2.60 bits per heavy atom. The number of halogens is 3. The monoisotopic (exact) mass is 422 g/mol. The lowest BCUT2D eigenvalue weighted by Gasteiger charge is -2.27. The molecule has 2 aromatic rings. The Morgan fingerprint density at radius 1 is 1.30 bits per heavy atom. The molecule has 0 saturated carbocycles. The molecule has 0 bridgehead atoms. The zero-order valence-electron chi connectivity index (χ0n) is 16.0. The van der Waals surface area contributed by atoms with Gasteiger partial charge in [0.25, 0.3) is 5.91 Å². The van der Waals surface area contributed by atoms with Crippen molar-refractivity contribution in [3.05, 3.63) is 41.7 Å². The number of anilines is 1. The van der Waals surface area contributed by atoms with Gasteiger partial charge in [0, 0.05) is 5.56 Å². The van der Waals surface area contributed by atoms with Crippen LogP contribution >= 0.6 is 0 Å². The minimum absolute atomic E-state index is 0.0333. The summed E-state index contributed by atoms with van der Waals surface area (Å²) in [6.45, 7) is 2.59. The van der Waals surface area contributed by atoms with E-state index in [-0.39, 0.29) is 29.6 Å². The maximum Gasteiger partial charge on any atom is 0.421 e. The van der Waals surface area contributed by atoms with E-state index in [4.69, 9.17) is 9.47 Å². The highest BCUT2D eigenvalue weighted by Crippen LogP contribution is 2.48. The number of benzene rings is 1. The lowest BCUT2D eigenvalue weighted by molar-refractivity contribution is -0.272. The lowest BCUT2D eigenvalue weighted by Crippen LogP contribution is -2.38. The van der Waals surface area contributed by atoms with Crippen LogP contribution in [0.2, 0.25) is 0 Å². The van der Waals surface area contributed by atoms with Gasteiger partial charge in [-0.15, -0.1) is 0 Å². The van der Waals surface area contributed by atoms with Crippen molar-refractivity contribution in [3.8, 4) is 11.8 Å². The van der Waals surface area contributed by atoms with Crippen molar-refractivity contribution in [2.75, 3.05) is 4.90 Å². The zero-order valence-corrected chi connectivity index (χ0v) is 16.0. The average Bonchev–Trinajstić information content (AvgIpc) is 3.19. The molecule has 1 N–H and O–H groups in total. The summed E-state index contributed by atoms with van der Waals surface area (Å²) < 4.78 is 50.8. The first kappa shape index (κ1) is 20.1. The molecular formula is C19H17F3N4O4. The normalized spacial score (nSPS) is 23.5. The molecule has 4 rings (SSSR count). The number of nitrogens with zero attached hydrogens (tertiary/aromatic N) is 3. The number of nitrogens with one attached hydrogen (secondary N) is 1. The third-order valence-electron chi connectivity index (χ3n) is 5.16. The van der Waals surface area contributed by atoms with E-state index in [0.29, 0.717) is 12.0 Å². The van der Waals surface area contributed by atoms with E-state index in [1.165, 1.54) is 30.6 Å². The Balaban J connectivity index is 1.55. The first-order chi connectivity index (χ1) is 14.1. The van der Waals surface area contributed by atoms with Crippen LogP contribution in [0.25, 0.3) is 0 Å². The Labute approximate surface area is 169 Å². The van der Waals surface area contributed by atoms with Crippen LogP contribution in [0.1, 0.15) is 31.4 Å². The number of imide groups is 1. The fourth-order valence-corrected chi connectivity index (χ4v) is 3.36. The Kier molecular flexibility index (Phi) is 4.64. The van der Waals surface area contributed by atoms with Gasteiger partial charge in [-0.3, -0.25) is 4.79 Å². The van der Waals surface area contributed by atoms with Gasteiger partial charge < -0.3 is 14.8 Å². The number of alkyl halides is 3. The van der Waals surface area contributed by atoms with Crippen molar-refractivity contribution in [1.82, 2.24) is 15.3 Å². The van der Waals surface area contributed by atoms with E-state index in [0.717, 1.165) is 11.8 Å². The summed E-state index contributed by atoms with van der Waals surface area (Å²) in [5.41, 5.74) is -1.88. The molecule has 3 heterocycles. The molecule has 1 fully saturated rings. The fraction of sp³-hybridized carbons (Fsp3) is 0.368. The minimum atomic E-state index is -4.59. The number of rotatable bonds is 4. The second-order valence-electron chi connectivity index (χ2n) is 7.05. The van der Waals surface area contributed by atoms with Crippen molar-refractivity contribution in [2.45, 2.75) is 44.7 Å². The van der Waals surface area contributed by atoms with E-state index in [9.17, 15) is 22.8 Å². The topological polar surface area (TPSA) is 93.7 Å². The molecule has 1 saturated heterocycles. The maximum absolute atomic E-state index is 13.4. The number of ether oxygens (including phenoxy) is 2. The molecule has 30 heavy (non-hydrogen) atoms. The quantitative estimate of drug-likeness (QED) is 0.759. The number of hydrogen-bond donors (Lipinski definition) is 1. The third-order valence-corrected chi connectivity index (χ3v) is 5.16. The molecular weight excluding hydrogens is 405 g/mol. The van der Waals surface area contributed by atoms with E-state index in [2.05, 4.69) is 15.3 Å². The lowest BCUT2D eigenvalue weighted by atomic mass is 9.93. The molecule has 158 valence electrons. The second-order valence-corrected chi connectivity index (χ2v) is 7.05. The van der Waals surface area contributed by atoms with Crippen LogP contribution in [0.4, 0.5) is 23.7 Å². The van der Waals surface area contributed by atoms with Crippen LogP contribution in [0.15, 0.2) is 30.6 Å². The van der Waals surface area contributed by atoms with Gasteiger partial charge in [-0.2, -0.15) is 13.2 Å². The summed E-state index contributed by atoms with van der Waals surface area (Å²) in [6.07, 6.45) is -1.68. The zero-order chi connectivity index (χ0) is 21.7. The molecule has 3 amide bonds. The predicted octanol–water partition coefficient (Wildman–Crippen LogP) is 3.41. The Morgan fingerprint density at radius 2 is 2.00 bits per heavy atom. The van der Waals surface area contributed by atoms with Crippen molar-refractivity contribution in [2.24, 2.45) is 0 Å². The first-order valence-corrected chi connectivity index (χ1v) is 9.12. The molecule has 2 aliphatic heterocycles. The van der Waals surface area contributed by atoms with Gasteiger partial charge in [-0.25, -0.2) is 19.7 Å². The smallest absolute Gasteiger partial charge is 0.421 e. The van der Waals surface area contributed by atoms with Gasteiger partial charge in [-0.05, 0) is 31.0 Å². The molecule has 0 aliphatic carbocycles. The summed E-state index contributed by atoms with van der Waals surface area (Å²) in [7, 11) is 0. The number of urea groups is 1. The Bertz CT molecular complexity index is 1010. The summed E-state index contributed by atoms with van der Waals surface area (Å²) in [4.78, 5) is 33.1. The highest BCUT2D eigenvalue weighted by atomic mass is 19.4. The second kappa shape index (κ2) is 6.94. The molecule has 8 nitrogen and oxygen atoms in total. The fourth-order valence-electron chi connectivity index (χ4n) is 3.36. The highest BCUT2D eigenvalue weighted by Gasteiger charge is 2.57. The molecule has 11 heteroatoms. The van der Waals surface area contributed by atoms with Crippen molar-refractivity contribution in [3.63, 3.8) is 0 Å². The van der Waals surface area contributed by atoms with E-state index >= 15 is 0 Å². The average molecular weight is 422 g/mol. The summed E-state index contributed by atoms with van der Waals surface area (Å²) in [6, 6.07) is 2.90. The third kappa shape index (κ3) is 3.15. The maximum atomic E-state index is 13.4. The molecule has 0 unspecified atom stereocenters. The standard InChI is InChI=1S/C19H17F3N4O4/c1-3-14-15(27)26(17(28)25-14)11-7-23-16(24-8-11)30-12-5-4-10-9-29-18(2,13(10)6-12)19(20,21)22/h4-8,14H,3,9H2,1-2H3,(H,25,28)/t14-,18+/m1/s1. The van der Waals surface area contributed by atoms with Crippen molar-refractivity contribution in [1.29, 1.82) is 0 Å². The highest BCUT2D eigenvalue weighted by molar-refractivity contribution is 6.21. The van der Waals surface area contributed by atoms with E-state index < -0.39 is 29.8 Å². The molecule has 2 atom stereocenters. The van der Waals surface area contributed by atoms with E-state index in [1.54, 1.807) is 6.92 Å². The molecule has 1 aromatic heterocycles. The van der Waals surface area contributed by atoms with Gasteiger partial charge in [0.05, 0.1) is 24.7 Å². The number of fused-ring (bicyclic) bond motifs is 1. The van der Waals surface area contributed by atoms with Gasteiger partial charge in [0.2, 0.25) is 0 Å². The van der Waals surface area contributed by atoms with E-state index in [1.807, 2.05) is 0 Å². The molecule has 2 aliphatic rings. The van der Waals surface area contributed by atoms with Crippen LogP contribution < -0.4 is 15.0 Å². The van der Waals surface area contributed by atoms with Gasteiger partial charge in [0.15, 0.2) is 5.60 Å². The summed E-state index contributed by atoms with van der Waals surface area (Å²) in [5, 5.41) is 2.55. The van der Waals surface area contributed by atoms with Crippen LogP contribution in [0.3, 0.4) is 0 Å². The van der Waals surface area contributed by atoms with Gasteiger partial charge in [0.1, 0.15) is 11.8 Å². The summed E-state index contributed by atoms with van der Waals surface area (Å²) in [5.74, 6) is -0.312. The number of carbonyl (C=O) groups excluding carboxylic acids is 2. The van der Waals surface area contributed by atoms with Crippen LogP contribution in [-0.2, 0) is 21.7 Å². The van der Waals surface area contributed by atoms with Crippen LogP contribution in [-0.4, -0.2) is 34.1 Å². The number of hydrogen-bond acceptors (Lipinski definition) is 6. The predicted molar refractivity (Wildman–Crippen MR) is 96.8 cm³/mol. The first-order valence-electron chi connectivity index (χ1n) is 9.12. The van der Waals surface area contributed by atoms with Gasteiger partial charge in [-0.1, -0.05) is 13.0 Å². The number of aromatic nitrogens is 2. The minimum Gasteiger partial charge on any atom is -0.424 e. The van der Waals surface area contributed by atoms with Gasteiger partial charge >= 0.3 is 18.2 Å². The molecule has 0 spiro atoms. The van der Waals surface area contributed by atoms with Crippen molar-refractivity contribution >= 4 is 17.6 Å². The summed E-state index contributed by atoms with van der Waals surface area (Å²) >= 11 is 0. The Hall–Kier alpha value is -3.21. The number of amides is 3. The molecule has 1 aromatic carbocycles. The largest absolute Gasteiger partial charge is 0.424 e.